The van der Waals surface area contributed by atoms with Gasteiger partial charge in [-0.15, -0.1) is 21.5 Å². The Kier molecular flexibility index (Phi) is 5.73. The maximum absolute atomic E-state index is 12.3. The van der Waals surface area contributed by atoms with E-state index >= 15 is 0 Å². The van der Waals surface area contributed by atoms with Crippen LogP contribution in [0.3, 0.4) is 0 Å². The number of likely N-dealkylation sites (tertiary alicyclic amines) is 1. The molecular formula is C19H22N4O2S2. The van der Waals surface area contributed by atoms with E-state index in [0.717, 1.165) is 48.8 Å². The van der Waals surface area contributed by atoms with E-state index in [2.05, 4.69) is 28.2 Å². The average molecular weight is 403 g/mol. The molecule has 4 rings (SSSR count). The normalized spacial score (nSPS) is 15.5. The van der Waals surface area contributed by atoms with Gasteiger partial charge < -0.3 is 9.32 Å². The molecule has 1 saturated heterocycles. The van der Waals surface area contributed by atoms with Gasteiger partial charge in [0.2, 0.25) is 11.8 Å². The molecule has 0 N–H and O–H groups in total. The molecule has 6 nitrogen and oxygen atoms in total. The van der Waals surface area contributed by atoms with Gasteiger partial charge in [0, 0.05) is 25.9 Å². The highest BCUT2D eigenvalue weighted by Gasteiger charge is 2.21. The number of amides is 1. The highest BCUT2D eigenvalue weighted by atomic mass is 32.2. The quantitative estimate of drug-likeness (QED) is 0.584. The topological polar surface area (TPSA) is 72.1 Å². The number of benzene rings is 1. The van der Waals surface area contributed by atoms with Crippen LogP contribution in [0.4, 0.5) is 0 Å². The number of aryl methyl sites for hydroxylation is 2. The van der Waals surface area contributed by atoms with Crippen molar-refractivity contribution in [3.63, 3.8) is 0 Å². The molecule has 142 valence electrons. The predicted molar refractivity (Wildman–Crippen MR) is 107 cm³/mol. The number of piperidine rings is 1. The molecule has 27 heavy (non-hydrogen) atoms. The molecule has 1 amide bonds. The van der Waals surface area contributed by atoms with Crippen molar-refractivity contribution in [2.24, 2.45) is 5.92 Å². The average Bonchev–Trinajstić information content (AvgIpc) is 3.31. The smallest absolute Gasteiger partial charge is 0.277 e. The first kappa shape index (κ1) is 18.4. The summed E-state index contributed by atoms with van der Waals surface area (Å²) in [5, 5.41) is 9.69. The molecule has 3 heterocycles. The molecule has 0 radical (unpaired) electrons. The fraction of sp³-hybridized carbons (Fsp3) is 0.474. The zero-order valence-corrected chi connectivity index (χ0v) is 16.9. The van der Waals surface area contributed by atoms with Crippen LogP contribution in [0.1, 0.15) is 30.7 Å². The van der Waals surface area contributed by atoms with Gasteiger partial charge in [-0.3, -0.25) is 4.79 Å². The molecule has 0 aliphatic carbocycles. The highest BCUT2D eigenvalue weighted by molar-refractivity contribution is 7.99. The van der Waals surface area contributed by atoms with Crippen LogP contribution in [0.5, 0.6) is 0 Å². The molecule has 0 saturated carbocycles. The number of hydrogen-bond donors (Lipinski definition) is 0. The van der Waals surface area contributed by atoms with Crippen LogP contribution in [0, 0.1) is 5.92 Å². The van der Waals surface area contributed by atoms with Crippen molar-refractivity contribution in [3.05, 3.63) is 35.2 Å². The maximum atomic E-state index is 12.3. The lowest BCUT2D eigenvalue weighted by molar-refractivity contribution is -0.129. The molecule has 0 bridgehead atoms. The van der Waals surface area contributed by atoms with Crippen LogP contribution in [0.15, 0.2) is 33.9 Å². The number of carbonyl (C=O) groups excluding carboxylic acids is 1. The third kappa shape index (κ3) is 4.68. The molecule has 0 atom stereocenters. The zero-order valence-electron chi connectivity index (χ0n) is 15.3. The van der Waals surface area contributed by atoms with Crippen LogP contribution in [0.25, 0.3) is 10.2 Å². The lowest BCUT2D eigenvalue weighted by Crippen LogP contribution is -2.38. The van der Waals surface area contributed by atoms with Crippen molar-refractivity contribution in [2.45, 2.75) is 37.8 Å². The third-order valence-corrected chi connectivity index (χ3v) is 6.69. The minimum absolute atomic E-state index is 0.154. The van der Waals surface area contributed by atoms with Gasteiger partial charge in [-0.1, -0.05) is 30.8 Å². The van der Waals surface area contributed by atoms with Crippen molar-refractivity contribution in [1.82, 2.24) is 20.1 Å². The monoisotopic (exact) mass is 402 g/mol. The number of carbonyl (C=O) groups is 1. The molecule has 0 spiro atoms. The molecule has 1 aliphatic heterocycles. The molecule has 2 aromatic heterocycles. The van der Waals surface area contributed by atoms with E-state index in [1.165, 1.54) is 16.5 Å². The van der Waals surface area contributed by atoms with Crippen molar-refractivity contribution < 1.29 is 9.21 Å². The van der Waals surface area contributed by atoms with Crippen molar-refractivity contribution in [2.75, 3.05) is 18.8 Å². The van der Waals surface area contributed by atoms with Gasteiger partial charge in [-0.2, -0.15) is 0 Å². The van der Waals surface area contributed by atoms with Crippen LogP contribution < -0.4 is 0 Å². The summed E-state index contributed by atoms with van der Waals surface area (Å²) in [6.45, 7) is 3.96. The van der Waals surface area contributed by atoms with Gasteiger partial charge in [-0.05, 0) is 30.9 Å². The summed E-state index contributed by atoms with van der Waals surface area (Å²) in [5.41, 5.74) is 1.03. The van der Waals surface area contributed by atoms with Gasteiger partial charge in [-0.25, -0.2) is 4.98 Å². The first-order chi connectivity index (χ1) is 13.2. The first-order valence-corrected chi connectivity index (χ1v) is 11.0. The molecule has 1 aromatic carbocycles. The van der Waals surface area contributed by atoms with E-state index in [1.807, 2.05) is 23.1 Å². The Hall–Kier alpha value is -1.93. The minimum atomic E-state index is 0.154. The summed E-state index contributed by atoms with van der Waals surface area (Å²) in [6, 6.07) is 8.13. The molecule has 3 aromatic rings. The van der Waals surface area contributed by atoms with Crippen LogP contribution >= 0.6 is 23.1 Å². The molecule has 1 fully saturated rings. The fourth-order valence-corrected chi connectivity index (χ4v) is 4.76. The number of thioether (sulfide) groups is 1. The van der Waals surface area contributed by atoms with Gasteiger partial charge in [0.15, 0.2) is 0 Å². The lowest BCUT2D eigenvalue weighted by Gasteiger charge is -2.30. The molecule has 8 heteroatoms. The number of hydrogen-bond acceptors (Lipinski definition) is 7. The Balaban J connectivity index is 1.26. The van der Waals surface area contributed by atoms with Crippen LogP contribution in [-0.4, -0.2) is 44.8 Å². The number of para-hydroxylation sites is 1. The number of rotatable bonds is 6. The molecule has 0 unspecified atom stereocenters. The van der Waals surface area contributed by atoms with E-state index in [1.54, 1.807) is 11.3 Å². The lowest BCUT2D eigenvalue weighted by atomic mass is 9.99. The second-order valence-corrected chi connectivity index (χ2v) is 8.93. The largest absolute Gasteiger partial charge is 0.416 e. The SMILES string of the molecule is CC1CCN(C(=O)CSc2nnc(CCc3nc4ccccc4s3)o2)CC1. The van der Waals surface area contributed by atoms with Gasteiger partial charge in [0.05, 0.1) is 21.0 Å². The van der Waals surface area contributed by atoms with Gasteiger partial charge in [0.1, 0.15) is 0 Å². The maximum Gasteiger partial charge on any atom is 0.277 e. The van der Waals surface area contributed by atoms with E-state index < -0.39 is 0 Å². The van der Waals surface area contributed by atoms with Crippen LogP contribution in [-0.2, 0) is 17.6 Å². The number of fused-ring (bicyclic) bond motifs is 1. The van der Waals surface area contributed by atoms with Gasteiger partial charge in [0.25, 0.3) is 5.22 Å². The Morgan fingerprint density at radius 2 is 2.07 bits per heavy atom. The van der Waals surface area contributed by atoms with Gasteiger partial charge >= 0.3 is 0 Å². The third-order valence-electron chi connectivity index (χ3n) is 4.79. The van der Waals surface area contributed by atoms with E-state index in [9.17, 15) is 4.79 Å². The summed E-state index contributed by atoms with van der Waals surface area (Å²) in [6.07, 6.45) is 3.61. The summed E-state index contributed by atoms with van der Waals surface area (Å²) in [7, 11) is 0. The summed E-state index contributed by atoms with van der Waals surface area (Å²) >= 11 is 3.02. The van der Waals surface area contributed by atoms with Crippen molar-refractivity contribution in [1.29, 1.82) is 0 Å². The Morgan fingerprint density at radius 1 is 1.26 bits per heavy atom. The summed E-state index contributed by atoms with van der Waals surface area (Å²) in [5.74, 6) is 1.82. The second-order valence-electron chi connectivity index (χ2n) is 6.89. The number of thiazole rings is 1. The highest BCUT2D eigenvalue weighted by Crippen LogP contribution is 2.24. The molecular weight excluding hydrogens is 380 g/mol. The van der Waals surface area contributed by atoms with Crippen molar-refractivity contribution in [3.8, 4) is 0 Å². The van der Waals surface area contributed by atoms with E-state index in [4.69, 9.17) is 4.42 Å². The Morgan fingerprint density at radius 3 is 2.89 bits per heavy atom. The first-order valence-electron chi connectivity index (χ1n) is 9.25. The predicted octanol–water partition coefficient (Wildman–Crippen LogP) is 3.82. The zero-order chi connectivity index (χ0) is 18.6. The standard InChI is InChI=1S/C19H22N4O2S2/c1-13-8-10-23(11-9-13)18(24)12-26-19-22-21-16(25-19)6-7-17-20-14-4-2-3-5-15(14)27-17/h2-5,13H,6-12H2,1H3. The Bertz CT molecular complexity index is 882. The van der Waals surface area contributed by atoms with Crippen molar-refractivity contribution >= 4 is 39.2 Å². The molecule has 1 aliphatic rings. The fourth-order valence-electron chi connectivity index (χ4n) is 3.11. The second kappa shape index (κ2) is 8.39. The van der Waals surface area contributed by atoms with Crippen LogP contribution in [0.2, 0.25) is 0 Å². The summed E-state index contributed by atoms with van der Waals surface area (Å²) in [4.78, 5) is 18.9. The van der Waals surface area contributed by atoms with E-state index in [0.29, 0.717) is 23.3 Å². The van der Waals surface area contributed by atoms with E-state index in [-0.39, 0.29) is 5.91 Å². The minimum Gasteiger partial charge on any atom is -0.416 e. The summed E-state index contributed by atoms with van der Waals surface area (Å²) < 4.78 is 6.88. The number of aromatic nitrogens is 3. The number of nitrogens with zero attached hydrogens (tertiary/aromatic N) is 4. The Labute approximate surface area is 166 Å².